The second-order valence-corrected chi connectivity index (χ2v) is 6.72. The number of nitrogens with one attached hydrogen (secondary N) is 2. The van der Waals surface area contributed by atoms with Gasteiger partial charge in [-0.1, -0.05) is 12.1 Å². The third kappa shape index (κ3) is 3.99. The van der Waals surface area contributed by atoms with Gasteiger partial charge < -0.3 is 10.1 Å². The predicted octanol–water partition coefficient (Wildman–Crippen LogP) is 3.47. The van der Waals surface area contributed by atoms with Crippen LogP contribution in [0.4, 0.5) is 10.2 Å². The Morgan fingerprint density at radius 3 is 2.73 bits per heavy atom. The number of aromatic nitrogens is 4. The van der Waals surface area contributed by atoms with Crippen molar-refractivity contribution in [2.75, 3.05) is 11.9 Å². The lowest BCUT2D eigenvalue weighted by atomic mass is 9.93. The smallest absolute Gasteiger partial charge is 0.160 e. The summed E-state index contributed by atoms with van der Waals surface area (Å²) in [5.74, 6) is 0.640. The minimum atomic E-state index is -0.197. The Morgan fingerprint density at radius 2 is 1.92 bits per heavy atom. The molecular weight excluding hydrogens is 333 g/mol. The van der Waals surface area contributed by atoms with E-state index in [0.29, 0.717) is 18.8 Å². The van der Waals surface area contributed by atoms with Crippen LogP contribution in [0.15, 0.2) is 36.8 Å². The van der Waals surface area contributed by atoms with Crippen molar-refractivity contribution in [2.45, 2.75) is 44.2 Å². The lowest BCUT2D eigenvalue weighted by Crippen LogP contribution is -2.30. The van der Waals surface area contributed by atoms with Gasteiger partial charge in [-0.15, -0.1) is 0 Å². The summed E-state index contributed by atoms with van der Waals surface area (Å²) in [5.41, 5.74) is 1.86. The molecule has 1 aromatic carbocycles. The van der Waals surface area contributed by atoms with Gasteiger partial charge in [-0.25, -0.2) is 14.4 Å². The van der Waals surface area contributed by atoms with E-state index in [1.54, 1.807) is 12.5 Å². The number of benzene rings is 1. The summed E-state index contributed by atoms with van der Waals surface area (Å²) in [4.78, 5) is 8.50. The molecule has 6 nitrogen and oxygen atoms in total. The fourth-order valence-corrected chi connectivity index (χ4v) is 3.44. The van der Waals surface area contributed by atoms with Gasteiger partial charge in [0.2, 0.25) is 0 Å². The zero-order chi connectivity index (χ0) is 17.8. The van der Waals surface area contributed by atoms with Gasteiger partial charge in [0.1, 0.15) is 18.0 Å². The Bertz CT molecular complexity index is 843. The van der Waals surface area contributed by atoms with E-state index in [2.05, 4.69) is 25.5 Å². The molecule has 7 heteroatoms. The average molecular weight is 355 g/mol. The molecule has 0 aliphatic heterocycles. The zero-order valence-electron chi connectivity index (χ0n) is 14.5. The van der Waals surface area contributed by atoms with E-state index in [-0.39, 0.29) is 5.82 Å². The van der Waals surface area contributed by atoms with Gasteiger partial charge in [-0.05, 0) is 49.8 Å². The van der Waals surface area contributed by atoms with E-state index in [0.717, 1.165) is 54.5 Å². The van der Waals surface area contributed by atoms with E-state index in [9.17, 15) is 4.39 Å². The summed E-state index contributed by atoms with van der Waals surface area (Å²) in [6.45, 7) is 0.677. The molecule has 0 bridgehead atoms. The van der Waals surface area contributed by atoms with E-state index >= 15 is 0 Å². The first-order chi connectivity index (χ1) is 12.8. The second-order valence-electron chi connectivity index (χ2n) is 6.72. The van der Waals surface area contributed by atoms with Crippen LogP contribution in [-0.4, -0.2) is 38.9 Å². The van der Waals surface area contributed by atoms with E-state index in [1.165, 1.54) is 12.1 Å². The topological polar surface area (TPSA) is 75.7 Å². The number of anilines is 1. The van der Waals surface area contributed by atoms with Gasteiger partial charge in [0, 0.05) is 6.04 Å². The molecule has 1 aliphatic carbocycles. The van der Waals surface area contributed by atoms with Gasteiger partial charge >= 0.3 is 0 Å². The number of ether oxygens (including phenoxy) is 1. The summed E-state index contributed by atoms with van der Waals surface area (Å²) in [5, 5.41) is 11.3. The van der Waals surface area contributed by atoms with Crippen LogP contribution in [0.2, 0.25) is 0 Å². The summed E-state index contributed by atoms with van der Waals surface area (Å²) >= 11 is 0. The molecule has 0 atom stereocenters. The Hall–Kier alpha value is -2.54. The van der Waals surface area contributed by atoms with Crippen molar-refractivity contribution in [3.63, 3.8) is 0 Å². The number of rotatable bonds is 6. The quantitative estimate of drug-likeness (QED) is 0.708. The average Bonchev–Trinajstić information content (AvgIpc) is 3.15. The molecule has 3 aromatic rings. The number of hydrogen-bond donors (Lipinski definition) is 2. The van der Waals surface area contributed by atoms with Gasteiger partial charge in [-0.2, -0.15) is 5.10 Å². The Labute approximate surface area is 151 Å². The molecule has 2 heterocycles. The Balaban J connectivity index is 1.23. The molecule has 0 spiro atoms. The van der Waals surface area contributed by atoms with Crippen LogP contribution in [-0.2, 0) is 11.2 Å². The maximum Gasteiger partial charge on any atom is 0.160 e. The van der Waals surface area contributed by atoms with Gasteiger partial charge in [0.15, 0.2) is 5.65 Å². The van der Waals surface area contributed by atoms with Crippen LogP contribution in [0.1, 0.15) is 31.2 Å². The minimum Gasteiger partial charge on any atom is -0.378 e. The number of H-pyrrole nitrogens is 1. The normalized spacial score (nSPS) is 20.3. The Morgan fingerprint density at radius 1 is 1.12 bits per heavy atom. The number of aromatic amines is 1. The first-order valence-corrected chi connectivity index (χ1v) is 9.04. The van der Waals surface area contributed by atoms with E-state index < -0.39 is 0 Å². The van der Waals surface area contributed by atoms with Crippen molar-refractivity contribution in [3.05, 3.63) is 48.2 Å². The highest BCUT2D eigenvalue weighted by molar-refractivity contribution is 5.85. The van der Waals surface area contributed by atoms with Gasteiger partial charge in [0.25, 0.3) is 0 Å². The molecule has 0 amide bonds. The zero-order valence-corrected chi connectivity index (χ0v) is 14.5. The first-order valence-electron chi connectivity index (χ1n) is 9.04. The highest BCUT2D eigenvalue weighted by atomic mass is 19.1. The fourth-order valence-electron chi connectivity index (χ4n) is 3.44. The van der Waals surface area contributed by atoms with Crippen molar-refractivity contribution in [3.8, 4) is 0 Å². The van der Waals surface area contributed by atoms with E-state index in [4.69, 9.17) is 4.74 Å². The van der Waals surface area contributed by atoms with Crippen LogP contribution < -0.4 is 5.32 Å². The van der Waals surface area contributed by atoms with Gasteiger partial charge in [0.05, 0.1) is 24.3 Å². The van der Waals surface area contributed by atoms with Crippen molar-refractivity contribution >= 4 is 16.9 Å². The standard InChI is InChI=1S/C19H22FN5O/c20-14-3-1-13(2-4-14)9-10-26-16-7-5-15(6-8-16)24-18-17-11-23-25-19(17)22-12-21-18/h1-4,11-12,15-16H,5-10H2,(H2,21,22,23,24,25)/t15-,16-. The molecule has 2 N–H and O–H groups in total. The maximum absolute atomic E-state index is 12.9. The van der Waals surface area contributed by atoms with Crippen LogP contribution >= 0.6 is 0 Å². The van der Waals surface area contributed by atoms with Crippen LogP contribution in [0, 0.1) is 5.82 Å². The summed E-state index contributed by atoms with van der Waals surface area (Å²) in [7, 11) is 0. The Kier molecular flexibility index (Phi) is 5.06. The van der Waals surface area contributed by atoms with Gasteiger partial charge in [-0.3, -0.25) is 5.10 Å². The van der Waals surface area contributed by atoms with Crippen molar-refractivity contribution in [2.24, 2.45) is 0 Å². The summed E-state index contributed by atoms with van der Waals surface area (Å²) < 4.78 is 18.9. The molecule has 4 rings (SSSR count). The lowest BCUT2D eigenvalue weighted by Gasteiger charge is -2.29. The number of hydrogen-bond acceptors (Lipinski definition) is 5. The second kappa shape index (κ2) is 7.78. The fraction of sp³-hybridized carbons (Fsp3) is 0.421. The lowest BCUT2D eigenvalue weighted by molar-refractivity contribution is 0.0282. The maximum atomic E-state index is 12.9. The SMILES string of the molecule is Fc1ccc(CCO[C@H]2CC[C@H](Nc3ncnc4[nH]ncc34)CC2)cc1. The van der Waals surface area contributed by atoms with Crippen LogP contribution in [0.5, 0.6) is 0 Å². The van der Waals surface area contributed by atoms with Crippen LogP contribution in [0.3, 0.4) is 0 Å². The van der Waals surface area contributed by atoms with Crippen LogP contribution in [0.25, 0.3) is 11.0 Å². The minimum absolute atomic E-state index is 0.197. The molecule has 0 saturated heterocycles. The molecule has 1 aliphatic rings. The summed E-state index contributed by atoms with van der Waals surface area (Å²) in [6.07, 6.45) is 8.57. The van der Waals surface area contributed by atoms with Crippen molar-refractivity contribution < 1.29 is 9.13 Å². The third-order valence-corrected chi connectivity index (χ3v) is 4.92. The highest BCUT2D eigenvalue weighted by Crippen LogP contribution is 2.26. The molecule has 1 saturated carbocycles. The number of nitrogens with zero attached hydrogens (tertiary/aromatic N) is 3. The third-order valence-electron chi connectivity index (χ3n) is 4.92. The molecule has 0 unspecified atom stereocenters. The van der Waals surface area contributed by atoms with E-state index in [1.807, 2.05) is 12.1 Å². The molecular formula is C19H22FN5O. The number of halogens is 1. The molecule has 2 aromatic heterocycles. The summed E-state index contributed by atoms with van der Waals surface area (Å²) in [6, 6.07) is 7.02. The van der Waals surface area contributed by atoms with Crippen molar-refractivity contribution in [1.29, 1.82) is 0 Å². The molecule has 26 heavy (non-hydrogen) atoms. The molecule has 1 fully saturated rings. The number of fused-ring (bicyclic) bond motifs is 1. The molecule has 0 radical (unpaired) electrons. The highest BCUT2D eigenvalue weighted by Gasteiger charge is 2.22. The largest absolute Gasteiger partial charge is 0.378 e. The monoisotopic (exact) mass is 355 g/mol. The first kappa shape index (κ1) is 16.9. The van der Waals surface area contributed by atoms with Crippen molar-refractivity contribution in [1.82, 2.24) is 20.2 Å². The predicted molar refractivity (Wildman–Crippen MR) is 97.4 cm³/mol. The molecule has 136 valence electrons.